The van der Waals surface area contributed by atoms with Gasteiger partial charge in [0, 0.05) is 44.5 Å². The van der Waals surface area contributed by atoms with E-state index in [9.17, 15) is 9.59 Å². The second-order valence-electron chi connectivity index (χ2n) is 5.71. The SMILES string of the molecule is CCN(CCNC)C(=O)CCC(=O)c1ccc2c(c1)OCCCO2. The zero-order chi connectivity index (χ0) is 17.4. The Bertz CT molecular complexity index is 574. The van der Waals surface area contributed by atoms with Crippen LogP contribution in [0.25, 0.3) is 0 Å². The number of rotatable bonds is 8. The number of benzene rings is 1. The molecule has 1 aromatic carbocycles. The van der Waals surface area contributed by atoms with Gasteiger partial charge in [0.2, 0.25) is 5.91 Å². The van der Waals surface area contributed by atoms with E-state index in [2.05, 4.69) is 5.32 Å². The number of ether oxygens (including phenoxy) is 2. The van der Waals surface area contributed by atoms with Crippen LogP contribution >= 0.6 is 0 Å². The summed E-state index contributed by atoms with van der Waals surface area (Å²) in [5.41, 5.74) is 0.560. The third kappa shape index (κ3) is 4.96. The molecule has 0 unspecified atom stereocenters. The van der Waals surface area contributed by atoms with E-state index in [-0.39, 0.29) is 24.5 Å². The van der Waals surface area contributed by atoms with Gasteiger partial charge >= 0.3 is 0 Å². The highest BCUT2D eigenvalue weighted by atomic mass is 16.5. The van der Waals surface area contributed by atoms with Gasteiger partial charge in [-0.2, -0.15) is 0 Å². The lowest BCUT2D eigenvalue weighted by molar-refractivity contribution is -0.130. The van der Waals surface area contributed by atoms with Gasteiger partial charge in [0.05, 0.1) is 13.2 Å². The van der Waals surface area contributed by atoms with Gasteiger partial charge in [-0.3, -0.25) is 9.59 Å². The maximum absolute atomic E-state index is 12.4. The van der Waals surface area contributed by atoms with Crippen molar-refractivity contribution in [2.24, 2.45) is 0 Å². The summed E-state index contributed by atoms with van der Waals surface area (Å²) in [6.07, 6.45) is 1.26. The monoisotopic (exact) mass is 334 g/mol. The van der Waals surface area contributed by atoms with Gasteiger partial charge in [-0.1, -0.05) is 0 Å². The molecule has 1 aromatic rings. The first kappa shape index (κ1) is 18.3. The molecule has 0 saturated carbocycles. The van der Waals surface area contributed by atoms with Gasteiger partial charge in [0.25, 0.3) is 0 Å². The summed E-state index contributed by atoms with van der Waals surface area (Å²) in [4.78, 5) is 26.3. The van der Waals surface area contributed by atoms with Crippen LogP contribution in [0.5, 0.6) is 11.5 Å². The van der Waals surface area contributed by atoms with E-state index < -0.39 is 0 Å². The molecule has 0 radical (unpaired) electrons. The Morgan fingerprint density at radius 1 is 1.17 bits per heavy atom. The molecular formula is C18H26N2O4. The largest absolute Gasteiger partial charge is 0.490 e. The van der Waals surface area contributed by atoms with Crippen molar-refractivity contribution in [3.63, 3.8) is 0 Å². The number of hydrogen-bond donors (Lipinski definition) is 1. The van der Waals surface area contributed by atoms with E-state index in [0.29, 0.717) is 43.4 Å². The van der Waals surface area contributed by atoms with Crippen LogP contribution in [0.4, 0.5) is 0 Å². The zero-order valence-electron chi connectivity index (χ0n) is 14.5. The van der Waals surface area contributed by atoms with Crippen LogP contribution in [0.3, 0.4) is 0 Å². The van der Waals surface area contributed by atoms with Gasteiger partial charge in [-0.15, -0.1) is 0 Å². The van der Waals surface area contributed by atoms with E-state index >= 15 is 0 Å². The molecule has 24 heavy (non-hydrogen) atoms. The Labute approximate surface area is 143 Å². The number of nitrogens with one attached hydrogen (secondary N) is 1. The van der Waals surface area contributed by atoms with Crippen molar-refractivity contribution in [3.8, 4) is 11.5 Å². The average molecular weight is 334 g/mol. The third-order valence-corrected chi connectivity index (χ3v) is 4.00. The first-order valence-electron chi connectivity index (χ1n) is 8.51. The molecule has 0 bridgehead atoms. The number of carbonyl (C=O) groups is 2. The molecular weight excluding hydrogens is 308 g/mol. The van der Waals surface area contributed by atoms with Crippen molar-refractivity contribution < 1.29 is 19.1 Å². The minimum atomic E-state index is -0.0522. The van der Waals surface area contributed by atoms with Crippen LogP contribution < -0.4 is 14.8 Å². The normalized spacial score (nSPS) is 13.2. The first-order chi connectivity index (χ1) is 11.7. The standard InChI is InChI=1S/C18H26N2O4/c1-3-20(10-9-19-2)18(22)8-6-15(21)14-5-7-16-17(13-14)24-12-4-11-23-16/h5,7,13,19H,3-4,6,8-12H2,1-2H3. The summed E-state index contributed by atoms with van der Waals surface area (Å²) in [6.45, 7) is 5.20. The van der Waals surface area contributed by atoms with Gasteiger partial charge in [0.15, 0.2) is 17.3 Å². The first-order valence-corrected chi connectivity index (χ1v) is 8.51. The van der Waals surface area contributed by atoms with Gasteiger partial charge in [-0.25, -0.2) is 0 Å². The number of hydrogen-bond acceptors (Lipinski definition) is 5. The van der Waals surface area contributed by atoms with E-state index in [1.807, 2.05) is 14.0 Å². The van der Waals surface area contributed by atoms with Gasteiger partial charge < -0.3 is 19.7 Å². The summed E-state index contributed by atoms with van der Waals surface area (Å²) in [5, 5.41) is 3.03. The molecule has 6 heteroatoms. The van der Waals surface area contributed by atoms with E-state index in [1.54, 1.807) is 23.1 Å². The summed E-state index contributed by atoms with van der Waals surface area (Å²) < 4.78 is 11.2. The lowest BCUT2D eigenvalue weighted by Crippen LogP contribution is -2.36. The molecule has 1 aliphatic heterocycles. The highest BCUT2D eigenvalue weighted by Crippen LogP contribution is 2.30. The summed E-state index contributed by atoms with van der Waals surface area (Å²) in [5.74, 6) is 1.23. The summed E-state index contributed by atoms with van der Waals surface area (Å²) in [7, 11) is 1.85. The van der Waals surface area contributed by atoms with Crippen molar-refractivity contribution in [1.29, 1.82) is 0 Å². The zero-order valence-corrected chi connectivity index (χ0v) is 14.5. The molecule has 1 amide bonds. The molecule has 0 spiro atoms. The molecule has 1 N–H and O–H groups in total. The molecule has 1 aliphatic rings. The third-order valence-electron chi connectivity index (χ3n) is 4.00. The van der Waals surface area contributed by atoms with Gasteiger partial charge in [-0.05, 0) is 32.2 Å². The quantitative estimate of drug-likeness (QED) is 0.735. The average Bonchev–Trinajstić information content (AvgIpc) is 2.84. The van der Waals surface area contributed by atoms with Crippen LogP contribution in [0.1, 0.15) is 36.5 Å². The van der Waals surface area contributed by atoms with Crippen molar-refractivity contribution >= 4 is 11.7 Å². The lowest BCUT2D eigenvalue weighted by atomic mass is 10.1. The Kier molecular flexibility index (Phi) is 7.06. The van der Waals surface area contributed by atoms with Gasteiger partial charge in [0.1, 0.15) is 0 Å². The fourth-order valence-corrected chi connectivity index (χ4v) is 2.57. The minimum Gasteiger partial charge on any atom is -0.490 e. The molecule has 0 aromatic heterocycles. The lowest BCUT2D eigenvalue weighted by Gasteiger charge is -2.20. The molecule has 0 atom stereocenters. The molecule has 1 heterocycles. The van der Waals surface area contributed by atoms with E-state index in [0.717, 1.165) is 13.0 Å². The van der Waals surface area contributed by atoms with E-state index in [1.165, 1.54) is 0 Å². The Morgan fingerprint density at radius 3 is 2.62 bits per heavy atom. The Balaban J connectivity index is 1.92. The number of amides is 1. The smallest absolute Gasteiger partial charge is 0.223 e. The highest BCUT2D eigenvalue weighted by Gasteiger charge is 2.17. The number of carbonyl (C=O) groups excluding carboxylic acids is 2. The second kappa shape index (κ2) is 9.27. The van der Waals surface area contributed by atoms with Crippen molar-refractivity contribution in [3.05, 3.63) is 23.8 Å². The van der Waals surface area contributed by atoms with Crippen LogP contribution in [0, 0.1) is 0 Å². The highest BCUT2D eigenvalue weighted by molar-refractivity contribution is 5.98. The van der Waals surface area contributed by atoms with Crippen LogP contribution in [0.2, 0.25) is 0 Å². The number of ketones is 1. The maximum Gasteiger partial charge on any atom is 0.223 e. The molecule has 6 nitrogen and oxygen atoms in total. The van der Waals surface area contributed by atoms with E-state index in [4.69, 9.17) is 9.47 Å². The molecule has 0 fully saturated rings. The second-order valence-corrected chi connectivity index (χ2v) is 5.71. The predicted molar refractivity (Wildman–Crippen MR) is 91.8 cm³/mol. The Hall–Kier alpha value is -2.08. The summed E-state index contributed by atoms with van der Waals surface area (Å²) in [6, 6.07) is 5.21. The van der Waals surface area contributed by atoms with Crippen LogP contribution in [-0.2, 0) is 4.79 Å². The topological polar surface area (TPSA) is 67.9 Å². The number of nitrogens with zero attached hydrogens (tertiary/aromatic N) is 1. The number of likely N-dealkylation sites (N-methyl/N-ethyl adjacent to an activating group) is 2. The molecule has 0 aliphatic carbocycles. The predicted octanol–water partition coefficient (Wildman–Crippen LogP) is 1.88. The van der Waals surface area contributed by atoms with Crippen LogP contribution in [0.15, 0.2) is 18.2 Å². The van der Waals surface area contributed by atoms with Crippen molar-refractivity contribution in [2.45, 2.75) is 26.2 Å². The number of Topliss-reactive ketones (excluding diaryl/α,β-unsaturated/α-hetero) is 1. The molecule has 2 rings (SSSR count). The Morgan fingerprint density at radius 2 is 1.92 bits per heavy atom. The molecule has 132 valence electrons. The fraction of sp³-hybridized carbons (Fsp3) is 0.556. The number of fused-ring (bicyclic) bond motifs is 1. The summed E-state index contributed by atoms with van der Waals surface area (Å²) >= 11 is 0. The fourth-order valence-electron chi connectivity index (χ4n) is 2.57. The minimum absolute atomic E-state index is 0.00967. The van der Waals surface area contributed by atoms with Crippen molar-refractivity contribution in [2.75, 3.05) is 39.9 Å². The van der Waals surface area contributed by atoms with Crippen LogP contribution in [-0.4, -0.2) is 56.5 Å². The maximum atomic E-state index is 12.4. The van der Waals surface area contributed by atoms with Crippen molar-refractivity contribution in [1.82, 2.24) is 10.2 Å². The molecule has 0 saturated heterocycles.